The summed E-state index contributed by atoms with van der Waals surface area (Å²) in [7, 11) is 1.43. The van der Waals surface area contributed by atoms with E-state index in [0.29, 0.717) is 11.5 Å². The zero-order chi connectivity index (χ0) is 18.4. The first-order chi connectivity index (χ1) is 11.8. The Morgan fingerprint density at radius 1 is 1.08 bits per heavy atom. The molecule has 2 rings (SSSR count). The molecule has 0 heterocycles. The van der Waals surface area contributed by atoms with Gasteiger partial charge in [-0.15, -0.1) is 0 Å². The Morgan fingerprint density at radius 2 is 1.72 bits per heavy atom. The summed E-state index contributed by atoms with van der Waals surface area (Å²) in [6.07, 6.45) is -5.48. The molecule has 0 spiro atoms. The Hall–Kier alpha value is -2.90. The quantitative estimate of drug-likeness (QED) is 0.830. The highest BCUT2D eigenvalue weighted by atomic mass is 19.4. The van der Waals surface area contributed by atoms with Crippen LogP contribution in [0.5, 0.6) is 17.2 Å². The lowest BCUT2D eigenvalue weighted by atomic mass is 10.2. The molecular weight excluding hydrogens is 339 g/mol. The van der Waals surface area contributed by atoms with E-state index in [1.165, 1.54) is 19.2 Å². The van der Waals surface area contributed by atoms with Crippen LogP contribution in [-0.4, -0.2) is 36.3 Å². The van der Waals surface area contributed by atoms with Gasteiger partial charge in [0, 0.05) is 7.05 Å². The fourth-order valence-corrected chi connectivity index (χ4v) is 1.87. The summed E-state index contributed by atoms with van der Waals surface area (Å²) in [5, 5.41) is 8.71. The van der Waals surface area contributed by atoms with Gasteiger partial charge in [-0.05, 0) is 42.5 Å². The Balaban J connectivity index is 1.93. The van der Waals surface area contributed by atoms with Crippen LogP contribution >= 0.6 is 0 Å². The van der Waals surface area contributed by atoms with Gasteiger partial charge in [-0.1, -0.05) is 6.07 Å². The largest absolute Gasteiger partial charge is 0.492 e. The van der Waals surface area contributed by atoms with Crippen molar-refractivity contribution in [1.82, 2.24) is 4.90 Å². The molecule has 0 aliphatic rings. The maximum Gasteiger partial charge on any atom is 0.416 e. The van der Waals surface area contributed by atoms with Gasteiger partial charge in [-0.25, -0.2) is 4.79 Å². The third-order valence-corrected chi connectivity index (χ3v) is 3.24. The van der Waals surface area contributed by atoms with Gasteiger partial charge in [0.25, 0.3) is 0 Å². The predicted molar refractivity (Wildman–Crippen MR) is 84.1 cm³/mol. The molecule has 2 aromatic rings. The topological polar surface area (TPSA) is 59.0 Å². The van der Waals surface area contributed by atoms with Gasteiger partial charge in [-0.3, -0.25) is 0 Å². The molecule has 0 saturated heterocycles. The summed E-state index contributed by atoms with van der Waals surface area (Å²) in [4.78, 5) is 11.7. The minimum Gasteiger partial charge on any atom is -0.492 e. The Labute approximate surface area is 142 Å². The predicted octanol–water partition coefficient (Wildman–Crippen LogP) is 4.49. The summed E-state index contributed by atoms with van der Waals surface area (Å²) in [5.41, 5.74) is -0.785. The Kier molecular flexibility index (Phi) is 5.74. The highest BCUT2D eigenvalue weighted by Gasteiger charge is 2.30. The number of carbonyl (C=O) groups is 1. The van der Waals surface area contributed by atoms with Crippen LogP contribution in [0.25, 0.3) is 0 Å². The molecular formula is C17H16F3NO4. The van der Waals surface area contributed by atoms with Crippen molar-refractivity contribution in [3.63, 3.8) is 0 Å². The molecule has 0 radical (unpaired) electrons. The number of carboxylic acid groups (broad SMARTS) is 1. The summed E-state index contributed by atoms with van der Waals surface area (Å²) in [6.45, 7) is 0.383. The van der Waals surface area contributed by atoms with E-state index in [4.69, 9.17) is 14.6 Å². The number of amides is 1. The molecule has 0 unspecified atom stereocenters. The molecule has 25 heavy (non-hydrogen) atoms. The number of hydrogen-bond donors (Lipinski definition) is 1. The highest BCUT2D eigenvalue weighted by molar-refractivity contribution is 5.64. The Bertz CT molecular complexity index is 717. The molecule has 5 nitrogen and oxygen atoms in total. The van der Waals surface area contributed by atoms with Crippen LogP contribution in [0.1, 0.15) is 5.56 Å². The van der Waals surface area contributed by atoms with E-state index in [1.54, 1.807) is 24.3 Å². The molecule has 2 aromatic carbocycles. The molecule has 0 aromatic heterocycles. The summed E-state index contributed by atoms with van der Waals surface area (Å²) in [5.74, 6) is 0.927. The van der Waals surface area contributed by atoms with E-state index in [9.17, 15) is 18.0 Å². The smallest absolute Gasteiger partial charge is 0.416 e. The first kappa shape index (κ1) is 18.4. The lowest BCUT2D eigenvalue weighted by molar-refractivity contribution is -0.137. The van der Waals surface area contributed by atoms with Gasteiger partial charge in [0.1, 0.15) is 23.9 Å². The van der Waals surface area contributed by atoms with Gasteiger partial charge in [-0.2, -0.15) is 13.2 Å². The number of halogens is 3. The summed E-state index contributed by atoms with van der Waals surface area (Å²) >= 11 is 0. The molecule has 1 amide bonds. The zero-order valence-electron chi connectivity index (χ0n) is 13.3. The molecule has 134 valence electrons. The normalized spacial score (nSPS) is 11.0. The molecule has 0 saturated carbocycles. The number of nitrogens with zero attached hydrogens (tertiary/aromatic N) is 1. The van der Waals surface area contributed by atoms with Gasteiger partial charge in [0.15, 0.2) is 0 Å². The number of ether oxygens (including phenoxy) is 2. The van der Waals surface area contributed by atoms with Crippen molar-refractivity contribution >= 4 is 6.09 Å². The lowest BCUT2D eigenvalue weighted by Crippen LogP contribution is -2.29. The van der Waals surface area contributed by atoms with E-state index >= 15 is 0 Å². The van der Waals surface area contributed by atoms with Crippen molar-refractivity contribution in [2.24, 2.45) is 0 Å². The maximum atomic E-state index is 12.7. The van der Waals surface area contributed by atoms with Crippen LogP contribution in [-0.2, 0) is 6.18 Å². The van der Waals surface area contributed by atoms with E-state index in [0.717, 1.165) is 17.0 Å². The van der Waals surface area contributed by atoms with Crippen LogP contribution in [0.15, 0.2) is 48.5 Å². The molecule has 0 fully saturated rings. The second-order valence-electron chi connectivity index (χ2n) is 5.15. The highest BCUT2D eigenvalue weighted by Crippen LogP contribution is 2.32. The minimum atomic E-state index is -4.43. The van der Waals surface area contributed by atoms with Gasteiger partial charge < -0.3 is 19.5 Å². The number of rotatable bonds is 6. The monoisotopic (exact) mass is 355 g/mol. The van der Waals surface area contributed by atoms with Gasteiger partial charge >= 0.3 is 12.3 Å². The van der Waals surface area contributed by atoms with Gasteiger partial charge in [0.05, 0.1) is 12.1 Å². The van der Waals surface area contributed by atoms with Crippen LogP contribution < -0.4 is 9.47 Å². The summed E-state index contributed by atoms with van der Waals surface area (Å²) < 4.78 is 48.8. The molecule has 0 aliphatic carbocycles. The fourth-order valence-electron chi connectivity index (χ4n) is 1.87. The summed E-state index contributed by atoms with van der Waals surface area (Å²) in [6, 6.07) is 10.9. The SMILES string of the molecule is CN(CCOc1ccc(Oc2cccc(C(F)(F)F)c2)cc1)C(=O)O. The van der Waals surface area contributed by atoms with E-state index < -0.39 is 17.8 Å². The van der Waals surface area contributed by atoms with Crippen molar-refractivity contribution in [3.05, 3.63) is 54.1 Å². The van der Waals surface area contributed by atoms with Crippen LogP contribution in [0.2, 0.25) is 0 Å². The average molecular weight is 355 g/mol. The van der Waals surface area contributed by atoms with E-state index in [-0.39, 0.29) is 18.9 Å². The van der Waals surface area contributed by atoms with Crippen molar-refractivity contribution in [2.45, 2.75) is 6.18 Å². The van der Waals surface area contributed by atoms with E-state index in [1.807, 2.05) is 0 Å². The standard InChI is InChI=1S/C17H16F3NO4/c1-21(16(22)23)9-10-24-13-5-7-14(8-6-13)25-15-4-2-3-12(11-15)17(18,19)20/h2-8,11H,9-10H2,1H3,(H,22,23). The van der Waals surface area contributed by atoms with E-state index in [2.05, 4.69) is 0 Å². The maximum absolute atomic E-state index is 12.7. The second kappa shape index (κ2) is 7.78. The first-order valence-electron chi connectivity index (χ1n) is 7.28. The van der Waals surface area contributed by atoms with Crippen LogP contribution in [0.3, 0.4) is 0 Å². The minimum absolute atomic E-state index is 0.0755. The third kappa shape index (κ3) is 5.59. The fraction of sp³-hybridized carbons (Fsp3) is 0.235. The molecule has 0 bridgehead atoms. The van der Waals surface area contributed by atoms with Gasteiger partial charge in [0.2, 0.25) is 0 Å². The van der Waals surface area contributed by atoms with Crippen LogP contribution in [0, 0.1) is 0 Å². The van der Waals surface area contributed by atoms with Crippen molar-refractivity contribution in [1.29, 1.82) is 0 Å². The number of likely N-dealkylation sites (N-methyl/N-ethyl adjacent to an activating group) is 1. The number of benzene rings is 2. The Morgan fingerprint density at radius 3 is 2.32 bits per heavy atom. The first-order valence-corrected chi connectivity index (χ1v) is 7.28. The second-order valence-corrected chi connectivity index (χ2v) is 5.15. The average Bonchev–Trinajstić information content (AvgIpc) is 2.56. The number of alkyl halides is 3. The molecule has 0 atom stereocenters. The van der Waals surface area contributed by atoms with Crippen LogP contribution in [0.4, 0.5) is 18.0 Å². The zero-order valence-corrected chi connectivity index (χ0v) is 13.3. The molecule has 0 aliphatic heterocycles. The lowest BCUT2D eigenvalue weighted by Gasteiger charge is -2.14. The van der Waals surface area contributed by atoms with Crippen molar-refractivity contribution in [2.75, 3.05) is 20.2 Å². The molecule has 8 heteroatoms. The third-order valence-electron chi connectivity index (χ3n) is 3.24. The molecule has 1 N–H and O–H groups in total. The van der Waals surface area contributed by atoms with Crippen molar-refractivity contribution in [3.8, 4) is 17.2 Å². The number of hydrogen-bond acceptors (Lipinski definition) is 3. The van der Waals surface area contributed by atoms with Crippen molar-refractivity contribution < 1.29 is 32.5 Å².